The Kier molecular flexibility index (Phi) is 3.81. The maximum absolute atomic E-state index is 12.1. The number of carbonyl (C=O) groups excluding carboxylic acids is 1. The van der Waals surface area contributed by atoms with Crippen molar-refractivity contribution in [1.82, 2.24) is 21.2 Å². The van der Waals surface area contributed by atoms with Crippen LogP contribution in [0.3, 0.4) is 0 Å². The largest absolute Gasteiger partial charge is 0.334 e. The molecule has 1 aliphatic heterocycles. The highest BCUT2D eigenvalue weighted by Gasteiger charge is 2.40. The zero-order valence-corrected chi connectivity index (χ0v) is 12.1. The first-order chi connectivity index (χ1) is 9.24. The lowest BCUT2D eigenvalue weighted by Gasteiger charge is -2.30. The maximum atomic E-state index is 12.1. The van der Waals surface area contributed by atoms with Gasteiger partial charge in [0.2, 0.25) is 0 Å². The lowest BCUT2D eigenvalue weighted by atomic mass is 9.84. The van der Waals surface area contributed by atoms with E-state index in [9.17, 15) is 4.79 Å². The highest BCUT2D eigenvalue weighted by Crippen LogP contribution is 2.32. The van der Waals surface area contributed by atoms with Crippen LogP contribution < -0.4 is 16.2 Å². The smallest absolute Gasteiger partial charge is 0.271 e. The van der Waals surface area contributed by atoms with Crippen molar-refractivity contribution in [3.63, 3.8) is 0 Å². The molecular weight excluding hydrogens is 308 g/mol. The average molecular weight is 325 g/mol. The SMILES string of the molecule is O=C(NC1NNC2CC(Br)CCC21)c1ccccn1. The van der Waals surface area contributed by atoms with Gasteiger partial charge in [-0.05, 0) is 31.4 Å². The summed E-state index contributed by atoms with van der Waals surface area (Å²) in [6.45, 7) is 0. The summed E-state index contributed by atoms with van der Waals surface area (Å²) in [5.74, 6) is 0.322. The summed E-state index contributed by atoms with van der Waals surface area (Å²) in [6.07, 6.45) is 4.97. The summed E-state index contributed by atoms with van der Waals surface area (Å²) >= 11 is 3.67. The van der Waals surface area contributed by atoms with Gasteiger partial charge in [-0.15, -0.1) is 0 Å². The molecule has 2 fully saturated rings. The van der Waals surface area contributed by atoms with Gasteiger partial charge in [0.05, 0.1) is 6.17 Å². The molecule has 0 spiro atoms. The van der Waals surface area contributed by atoms with Crippen LogP contribution in [-0.2, 0) is 0 Å². The van der Waals surface area contributed by atoms with E-state index in [4.69, 9.17) is 0 Å². The van der Waals surface area contributed by atoms with Crippen molar-refractivity contribution >= 4 is 21.8 Å². The van der Waals surface area contributed by atoms with Crippen LogP contribution in [-0.4, -0.2) is 27.9 Å². The van der Waals surface area contributed by atoms with E-state index in [1.54, 1.807) is 18.3 Å². The van der Waals surface area contributed by atoms with E-state index in [1.807, 2.05) is 6.07 Å². The molecule has 0 aromatic carbocycles. The molecule has 1 saturated carbocycles. The monoisotopic (exact) mass is 324 g/mol. The first-order valence-electron chi connectivity index (χ1n) is 6.61. The molecule has 2 aliphatic rings. The number of halogens is 1. The highest BCUT2D eigenvalue weighted by molar-refractivity contribution is 9.09. The third kappa shape index (κ3) is 2.80. The fourth-order valence-corrected chi connectivity index (χ4v) is 3.53. The molecular formula is C13H17BrN4O. The molecule has 102 valence electrons. The van der Waals surface area contributed by atoms with Crippen LogP contribution in [0.15, 0.2) is 24.4 Å². The second-order valence-corrected chi connectivity index (χ2v) is 6.43. The van der Waals surface area contributed by atoms with Gasteiger partial charge in [-0.3, -0.25) is 15.2 Å². The molecule has 0 radical (unpaired) electrons. The highest BCUT2D eigenvalue weighted by atomic mass is 79.9. The van der Waals surface area contributed by atoms with Crippen LogP contribution in [0.5, 0.6) is 0 Å². The number of amides is 1. The summed E-state index contributed by atoms with van der Waals surface area (Å²) < 4.78 is 0. The van der Waals surface area contributed by atoms with Crippen LogP contribution in [0.25, 0.3) is 0 Å². The molecule has 4 unspecified atom stereocenters. The van der Waals surface area contributed by atoms with Crippen molar-refractivity contribution < 1.29 is 4.79 Å². The van der Waals surface area contributed by atoms with Gasteiger partial charge in [-0.1, -0.05) is 22.0 Å². The van der Waals surface area contributed by atoms with Crippen molar-refractivity contribution in [2.45, 2.75) is 36.3 Å². The Morgan fingerprint density at radius 1 is 1.37 bits per heavy atom. The second kappa shape index (κ2) is 5.56. The maximum Gasteiger partial charge on any atom is 0.271 e. The van der Waals surface area contributed by atoms with Crippen molar-refractivity contribution in [3.05, 3.63) is 30.1 Å². The molecule has 6 heteroatoms. The molecule has 0 bridgehead atoms. The van der Waals surface area contributed by atoms with Crippen LogP contribution >= 0.6 is 15.9 Å². The molecule has 4 atom stereocenters. The van der Waals surface area contributed by atoms with E-state index >= 15 is 0 Å². The lowest BCUT2D eigenvalue weighted by molar-refractivity contribution is 0.0912. The van der Waals surface area contributed by atoms with Crippen molar-refractivity contribution in [2.75, 3.05) is 0 Å². The molecule has 19 heavy (non-hydrogen) atoms. The number of aromatic nitrogens is 1. The minimum atomic E-state index is -0.124. The normalized spacial score (nSPS) is 33.7. The molecule has 1 saturated heterocycles. The van der Waals surface area contributed by atoms with Crippen LogP contribution in [0.2, 0.25) is 0 Å². The van der Waals surface area contributed by atoms with Crippen LogP contribution in [0.1, 0.15) is 29.8 Å². The Bertz CT molecular complexity index is 455. The first-order valence-corrected chi connectivity index (χ1v) is 7.52. The van der Waals surface area contributed by atoms with E-state index in [-0.39, 0.29) is 12.1 Å². The van der Waals surface area contributed by atoms with Gasteiger partial charge in [-0.2, -0.15) is 0 Å². The Labute approximate surface area is 120 Å². The third-order valence-electron chi connectivity index (χ3n) is 3.88. The van der Waals surface area contributed by atoms with Gasteiger partial charge in [0.1, 0.15) is 5.69 Å². The quantitative estimate of drug-likeness (QED) is 0.715. The van der Waals surface area contributed by atoms with Gasteiger partial charge in [-0.25, -0.2) is 5.43 Å². The number of rotatable bonds is 2. The van der Waals surface area contributed by atoms with Gasteiger partial charge in [0, 0.05) is 23.0 Å². The van der Waals surface area contributed by atoms with E-state index in [0.717, 1.165) is 19.3 Å². The summed E-state index contributed by atoms with van der Waals surface area (Å²) in [5.41, 5.74) is 6.93. The van der Waals surface area contributed by atoms with E-state index in [1.165, 1.54) is 0 Å². The minimum Gasteiger partial charge on any atom is -0.334 e. The molecule has 2 heterocycles. The number of hydrazine groups is 1. The molecule has 3 N–H and O–H groups in total. The summed E-state index contributed by atoms with van der Waals surface area (Å²) in [5, 5.41) is 3.02. The molecule has 1 amide bonds. The zero-order valence-electron chi connectivity index (χ0n) is 10.5. The molecule has 5 nitrogen and oxygen atoms in total. The van der Waals surface area contributed by atoms with Crippen molar-refractivity contribution in [1.29, 1.82) is 0 Å². The van der Waals surface area contributed by atoms with Gasteiger partial charge in [0.25, 0.3) is 5.91 Å². The fraction of sp³-hybridized carbons (Fsp3) is 0.538. The molecule has 1 aromatic rings. The van der Waals surface area contributed by atoms with E-state index in [0.29, 0.717) is 22.5 Å². The number of fused-ring (bicyclic) bond motifs is 1. The Morgan fingerprint density at radius 3 is 3.05 bits per heavy atom. The van der Waals surface area contributed by atoms with Crippen molar-refractivity contribution in [2.24, 2.45) is 5.92 Å². The number of hydrogen-bond acceptors (Lipinski definition) is 4. The van der Waals surface area contributed by atoms with Crippen LogP contribution in [0.4, 0.5) is 0 Å². The summed E-state index contributed by atoms with van der Waals surface area (Å²) in [4.78, 5) is 16.7. The Hall–Kier alpha value is -0.980. The minimum absolute atomic E-state index is 0.0143. The number of pyridine rings is 1. The topological polar surface area (TPSA) is 66.1 Å². The third-order valence-corrected chi connectivity index (χ3v) is 4.71. The van der Waals surface area contributed by atoms with Gasteiger partial charge >= 0.3 is 0 Å². The fourth-order valence-electron chi connectivity index (χ4n) is 2.87. The predicted molar refractivity (Wildman–Crippen MR) is 75.6 cm³/mol. The number of alkyl halides is 1. The second-order valence-electron chi connectivity index (χ2n) is 5.14. The van der Waals surface area contributed by atoms with Crippen molar-refractivity contribution in [3.8, 4) is 0 Å². The van der Waals surface area contributed by atoms with Gasteiger partial charge in [0.15, 0.2) is 0 Å². The number of nitrogens with one attached hydrogen (secondary N) is 3. The summed E-state index contributed by atoms with van der Waals surface area (Å²) in [7, 11) is 0. The van der Waals surface area contributed by atoms with E-state index in [2.05, 4.69) is 37.1 Å². The average Bonchev–Trinajstić information content (AvgIpc) is 2.82. The number of hydrogen-bond donors (Lipinski definition) is 3. The standard InChI is InChI=1S/C13H17BrN4O/c14-8-4-5-9-11(7-8)17-18-12(9)16-13(19)10-3-1-2-6-15-10/h1-3,6,8-9,11-12,17-18H,4-5,7H2,(H,16,19). The van der Waals surface area contributed by atoms with E-state index < -0.39 is 0 Å². The lowest BCUT2D eigenvalue weighted by Crippen LogP contribution is -2.47. The van der Waals surface area contributed by atoms with Crippen LogP contribution in [0, 0.1) is 5.92 Å². The molecule has 1 aromatic heterocycles. The number of carbonyl (C=O) groups is 1. The first kappa shape index (κ1) is 13.0. The predicted octanol–water partition coefficient (Wildman–Crippen LogP) is 1.18. The summed E-state index contributed by atoms with van der Waals surface area (Å²) in [6, 6.07) is 5.78. The molecule has 3 rings (SSSR count). The Morgan fingerprint density at radius 2 is 2.26 bits per heavy atom. The van der Waals surface area contributed by atoms with Gasteiger partial charge < -0.3 is 5.32 Å². The molecule has 1 aliphatic carbocycles. The number of nitrogens with zero attached hydrogens (tertiary/aromatic N) is 1. The zero-order chi connectivity index (χ0) is 13.2. The Balaban J connectivity index is 1.63.